The molecule has 180 valence electrons. The number of pyridine rings is 1. The summed E-state index contributed by atoms with van der Waals surface area (Å²) >= 11 is 0. The monoisotopic (exact) mass is 465 g/mol. The fourth-order valence-electron chi connectivity index (χ4n) is 5.01. The molecule has 1 saturated carbocycles. The molecular weight excluding hydrogens is 433 g/mol. The van der Waals surface area contributed by atoms with Gasteiger partial charge in [0.25, 0.3) is 5.56 Å². The molecule has 2 aromatic heterocycles. The Labute approximate surface area is 199 Å². The molecule has 1 aromatic carbocycles. The maximum Gasteiger partial charge on any atom is 0.250 e. The number of rotatable bonds is 6. The summed E-state index contributed by atoms with van der Waals surface area (Å²) in [5, 5.41) is 19.0. The zero-order valence-electron chi connectivity index (χ0n) is 20.1. The van der Waals surface area contributed by atoms with E-state index in [-0.39, 0.29) is 34.0 Å². The van der Waals surface area contributed by atoms with Crippen molar-refractivity contribution in [1.29, 1.82) is 0 Å². The van der Waals surface area contributed by atoms with E-state index < -0.39 is 5.82 Å². The molecule has 0 saturated heterocycles. The molecule has 3 aromatic rings. The summed E-state index contributed by atoms with van der Waals surface area (Å²) in [6.45, 7) is 4.57. The lowest BCUT2D eigenvalue weighted by Crippen LogP contribution is -2.25. The Bertz CT molecular complexity index is 1210. The van der Waals surface area contributed by atoms with Crippen LogP contribution in [0.4, 0.5) is 4.39 Å². The van der Waals surface area contributed by atoms with Gasteiger partial charge in [-0.15, -0.1) is 10.2 Å². The molecule has 0 unspecified atom stereocenters. The SMILES string of the molecule is CCC[C@]1(C)CCCC[C@H](Oc2ccc(-c3cc(F)c(-c4ccn(C)c(=O)c4)cc3O)nn2)C1. The number of nitrogens with zero attached hydrogens (tertiary/aromatic N) is 3. The minimum atomic E-state index is -0.558. The topological polar surface area (TPSA) is 77.2 Å². The molecule has 6 nitrogen and oxygen atoms in total. The molecule has 34 heavy (non-hydrogen) atoms. The van der Waals surface area contributed by atoms with Gasteiger partial charge in [0, 0.05) is 36.5 Å². The lowest BCUT2D eigenvalue weighted by molar-refractivity contribution is 0.118. The Balaban J connectivity index is 1.53. The van der Waals surface area contributed by atoms with Crippen LogP contribution >= 0.6 is 0 Å². The van der Waals surface area contributed by atoms with Crippen LogP contribution in [-0.4, -0.2) is 26.0 Å². The van der Waals surface area contributed by atoms with Crippen LogP contribution in [0.3, 0.4) is 0 Å². The maximum atomic E-state index is 14.9. The quantitative estimate of drug-likeness (QED) is 0.461. The van der Waals surface area contributed by atoms with Gasteiger partial charge in [-0.25, -0.2) is 4.39 Å². The molecule has 0 radical (unpaired) electrons. The average Bonchev–Trinajstić information content (AvgIpc) is 2.98. The van der Waals surface area contributed by atoms with Crippen LogP contribution in [0.2, 0.25) is 0 Å². The van der Waals surface area contributed by atoms with E-state index in [2.05, 4.69) is 24.0 Å². The Kier molecular flexibility index (Phi) is 7.00. The first kappa shape index (κ1) is 23.9. The fourth-order valence-corrected chi connectivity index (χ4v) is 5.01. The van der Waals surface area contributed by atoms with Gasteiger partial charge >= 0.3 is 0 Å². The van der Waals surface area contributed by atoms with Crippen molar-refractivity contribution in [2.75, 3.05) is 0 Å². The van der Waals surface area contributed by atoms with Gasteiger partial charge in [-0.3, -0.25) is 4.79 Å². The minimum absolute atomic E-state index is 0.0999. The van der Waals surface area contributed by atoms with Gasteiger partial charge in [-0.05, 0) is 67.3 Å². The third-order valence-corrected chi connectivity index (χ3v) is 6.83. The molecule has 1 aliphatic rings. The summed E-state index contributed by atoms with van der Waals surface area (Å²) < 4.78 is 22.5. The van der Waals surface area contributed by atoms with E-state index in [1.54, 1.807) is 31.4 Å². The highest BCUT2D eigenvalue weighted by molar-refractivity contribution is 5.74. The van der Waals surface area contributed by atoms with Crippen LogP contribution < -0.4 is 10.3 Å². The summed E-state index contributed by atoms with van der Waals surface area (Å²) in [5.74, 6) is -0.262. The lowest BCUT2D eigenvalue weighted by Gasteiger charge is -2.30. The molecular formula is C27H32FN3O3. The fraction of sp³-hybridized carbons (Fsp3) is 0.444. The Morgan fingerprint density at radius 3 is 2.71 bits per heavy atom. The third-order valence-electron chi connectivity index (χ3n) is 6.83. The van der Waals surface area contributed by atoms with Crippen LogP contribution in [0, 0.1) is 11.2 Å². The minimum Gasteiger partial charge on any atom is -0.507 e. The van der Waals surface area contributed by atoms with Crippen molar-refractivity contribution in [2.24, 2.45) is 12.5 Å². The van der Waals surface area contributed by atoms with E-state index >= 15 is 0 Å². The second-order valence-corrected chi connectivity index (χ2v) is 9.72. The highest BCUT2D eigenvalue weighted by Gasteiger charge is 2.31. The van der Waals surface area contributed by atoms with Crippen molar-refractivity contribution in [2.45, 2.75) is 64.9 Å². The van der Waals surface area contributed by atoms with E-state index in [1.165, 1.54) is 42.0 Å². The second-order valence-electron chi connectivity index (χ2n) is 9.72. The molecule has 2 heterocycles. The van der Waals surface area contributed by atoms with Crippen molar-refractivity contribution >= 4 is 0 Å². The Hall–Kier alpha value is -3.22. The van der Waals surface area contributed by atoms with Crippen LogP contribution in [-0.2, 0) is 7.05 Å². The van der Waals surface area contributed by atoms with Gasteiger partial charge in [-0.2, -0.15) is 0 Å². The van der Waals surface area contributed by atoms with E-state index in [4.69, 9.17) is 4.74 Å². The van der Waals surface area contributed by atoms with Gasteiger partial charge in [-0.1, -0.05) is 26.7 Å². The summed E-state index contributed by atoms with van der Waals surface area (Å²) in [5.41, 5.74) is 1.15. The predicted octanol–water partition coefficient (Wildman–Crippen LogP) is 5.87. The second kappa shape index (κ2) is 9.95. The third kappa shape index (κ3) is 5.29. The molecule has 0 bridgehead atoms. The van der Waals surface area contributed by atoms with Crippen molar-refractivity contribution in [1.82, 2.24) is 14.8 Å². The molecule has 1 fully saturated rings. The number of phenolic OH excluding ortho intramolecular Hbond substituents is 1. The molecule has 1 N–H and O–H groups in total. The summed E-state index contributed by atoms with van der Waals surface area (Å²) in [7, 11) is 1.62. The molecule has 0 aliphatic heterocycles. The zero-order chi connectivity index (χ0) is 24.3. The lowest BCUT2D eigenvalue weighted by atomic mass is 9.78. The van der Waals surface area contributed by atoms with Gasteiger partial charge in [0.15, 0.2) is 0 Å². The number of benzene rings is 1. The molecule has 1 aliphatic carbocycles. The number of hydrogen-bond acceptors (Lipinski definition) is 5. The smallest absolute Gasteiger partial charge is 0.250 e. The first-order valence-electron chi connectivity index (χ1n) is 12.0. The molecule has 4 rings (SSSR count). The number of aryl methyl sites for hydroxylation is 1. The first-order chi connectivity index (χ1) is 16.3. The van der Waals surface area contributed by atoms with Gasteiger partial charge in [0.05, 0.1) is 5.69 Å². The summed E-state index contributed by atoms with van der Waals surface area (Å²) in [4.78, 5) is 11.9. The number of ether oxygens (including phenoxy) is 1. The normalized spacial score (nSPS) is 20.6. The summed E-state index contributed by atoms with van der Waals surface area (Å²) in [6, 6.07) is 8.89. The number of phenols is 1. The number of halogens is 1. The first-order valence-corrected chi connectivity index (χ1v) is 12.0. The van der Waals surface area contributed by atoms with Crippen molar-refractivity contribution in [3.8, 4) is 34.0 Å². The number of aromatic nitrogens is 3. The van der Waals surface area contributed by atoms with E-state index in [9.17, 15) is 14.3 Å². The van der Waals surface area contributed by atoms with Gasteiger partial charge in [0.2, 0.25) is 5.88 Å². The zero-order valence-corrected chi connectivity index (χ0v) is 20.1. The van der Waals surface area contributed by atoms with Crippen molar-refractivity contribution < 1.29 is 14.2 Å². The van der Waals surface area contributed by atoms with Crippen LogP contribution in [0.1, 0.15) is 58.8 Å². The van der Waals surface area contributed by atoms with E-state index in [0.29, 0.717) is 17.1 Å². The Morgan fingerprint density at radius 2 is 2.00 bits per heavy atom. The largest absolute Gasteiger partial charge is 0.507 e. The molecule has 2 atom stereocenters. The van der Waals surface area contributed by atoms with Crippen LogP contribution in [0.25, 0.3) is 22.4 Å². The van der Waals surface area contributed by atoms with Gasteiger partial charge in [0.1, 0.15) is 17.7 Å². The van der Waals surface area contributed by atoms with Crippen molar-refractivity contribution in [3.63, 3.8) is 0 Å². The number of hydrogen-bond donors (Lipinski definition) is 1. The summed E-state index contributed by atoms with van der Waals surface area (Å²) in [6.07, 6.45) is 9.60. The van der Waals surface area contributed by atoms with Crippen LogP contribution in [0.15, 0.2) is 47.4 Å². The maximum absolute atomic E-state index is 14.9. The molecule has 0 spiro atoms. The highest BCUT2D eigenvalue weighted by atomic mass is 19.1. The van der Waals surface area contributed by atoms with Gasteiger partial charge < -0.3 is 14.4 Å². The number of aromatic hydroxyl groups is 1. The van der Waals surface area contributed by atoms with E-state index in [0.717, 1.165) is 25.7 Å². The molecule has 0 amide bonds. The highest BCUT2D eigenvalue weighted by Crippen LogP contribution is 2.40. The standard InChI is InChI=1S/C27H32FN3O3/c1-4-11-27(2)12-6-5-7-19(17-27)34-25-9-8-23(29-30-25)21-15-22(28)20(16-24(21)32)18-10-13-31(3)26(33)14-18/h8-10,13-16,19,32H,4-7,11-12,17H2,1-3H3/t19-,27+/m0/s1. The predicted molar refractivity (Wildman–Crippen MR) is 130 cm³/mol. The molecule has 7 heteroatoms. The average molecular weight is 466 g/mol. The van der Waals surface area contributed by atoms with Crippen molar-refractivity contribution in [3.05, 3.63) is 58.8 Å². The Morgan fingerprint density at radius 1 is 1.18 bits per heavy atom. The van der Waals surface area contributed by atoms with E-state index in [1.807, 2.05) is 0 Å². The van der Waals surface area contributed by atoms with Crippen LogP contribution in [0.5, 0.6) is 11.6 Å².